The van der Waals surface area contributed by atoms with Crippen LogP contribution < -0.4 is 9.47 Å². The molecule has 0 atom stereocenters. The van der Waals surface area contributed by atoms with Gasteiger partial charge in [-0.25, -0.2) is 0 Å². The summed E-state index contributed by atoms with van der Waals surface area (Å²) < 4.78 is 9.83. The van der Waals surface area contributed by atoms with E-state index in [2.05, 4.69) is 0 Å². The molecule has 3 heteroatoms. The Morgan fingerprint density at radius 1 is 0.667 bits per heavy atom. The Hall–Kier alpha value is -1.67. The highest BCUT2D eigenvalue weighted by molar-refractivity contribution is 6.32. The molecule has 0 spiro atoms. The van der Waals surface area contributed by atoms with E-state index in [9.17, 15) is 0 Å². The summed E-state index contributed by atoms with van der Waals surface area (Å²) >= 11 is 5.70. The van der Waals surface area contributed by atoms with E-state index in [1.54, 1.807) is 20.3 Å². The number of hydrogen-bond donors (Lipinski definition) is 0. The highest BCUT2D eigenvalue weighted by atomic mass is 35.5. The van der Waals surface area contributed by atoms with Crippen LogP contribution in [0.25, 0.3) is 0 Å². The minimum Gasteiger partial charge on any atom is -0.497 e. The number of methoxy groups -OCH3 is 2. The van der Waals surface area contributed by atoms with E-state index in [4.69, 9.17) is 21.1 Å². The first-order chi connectivity index (χ1) is 10.3. The molecule has 0 saturated carbocycles. The molecule has 2 rings (SSSR count). The Kier molecular flexibility index (Phi) is 16.9. The van der Waals surface area contributed by atoms with Crippen LogP contribution in [0.2, 0.25) is 5.02 Å². The van der Waals surface area contributed by atoms with E-state index < -0.39 is 0 Å². The molecule has 0 unspecified atom stereocenters. The predicted molar refractivity (Wildman–Crippen MR) is 93.7 cm³/mol. The Morgan fingerprint density at radius 2 is 1.14 bits per heavy atom. The number of rotatable bonds is 2. The molecule has 2 aromatic rings. The lowest BCUT2D eigenvalue weighted by Crippen LogP contribution is -1.81. The van der Waals surface area contributed by atoms with Gasteiger partial charge < -0.3 is 9.47 Å². The van der Waals surface area contributed by atoms with Gasteiger partial charge in [0.05, 0.1) is 19.2 Å². The quantitative estimate of drug-likeness (QED) is 0.667. The number of hydrogen-bond acceptors (Lipinski definition) is 2. The van der Waals surface area contributed by atoms with Crippen LogP contribution in [-0.4, -0.2) is 14.2 Å². The molecule has 0 bridgehead atoms. The lowest BCUT2D eigenvalue weighted by molar-refractivity contribution is 0.415. The third-order valence-electron chi connectivity index (χ3n) is 2.04. The molecule has 0 N–H and O–H groups in total. The number of benzene rings is 2. The van der Waals surface area contributed by atoms with E-state index >= 15 is 0 Å². The Morgan fingerprint density at radius 3 is 1.48 bits per heavy atom. The first-order valence-electron chi connectivity index (χ1n) is 7.15. The van der Waals surface area contributed by atoms with Crippen molar-refractivity contribution < 1.29 is 9.47 Å². The van der Waals surface area contributed by atoms with Gasteiger partial charge in [-0.2, -0.15) is 0 Å². The van der Waals surface area contributed by atoms with E-state index in [-0.39, 0.29) is 0 Å². The third-order valence-corrected chi connectivity index (χ3v) is 2.35. The van der Waals surface area contributed by atoms with Gasteiger partial charge in [-0.3, -0.25) is 0 Å². The van der Waals surface area contributed by atoms with Crippen molar-refractivity contribution in [3.63, 3.8) is 0 Å². The molecule has 118 valence electrons. The van der Waals surface area contributed by atoms with Gasteiger partial charge in [0, 0.05) is 0 Å². The fourth-order valence-electron chi connectivity index (χ4n) is 1.17. The van der Waals surface area contributed by atoms with Gasteiger partial charge in [0.2, 0.25) is 0 Å². The zero-order valence-corrected chi connectivity index (χ0v) is 14.6. The molecule has 2 nitrogen and oxygen atoms in total. The fraction of sp³-hybridized carbons (Fsp3) is 0.333. The molecule has 0 heterocycles. The predicted octanol–water partition coefficient (Wildman–Crippen LogP) is 6.10. The summed E-state index contributed by atoms with van der Waals surface area (Å²) in [6, 6.07) is 17.0. The summed E-state index contributed by atoms with van der Waals surface area (Å²) in [5, 5.41) is 0.653. The van der Waals surface area contributed by atoms with Crippen molar-refractivity contribution in [3.8, 4) is 11.5 Å². The van der Waals surface area contributed by atoms with Crippen molar-refractivity contribution >= 4 is 11.6 Å². The zero-order chi connectivity index (χ0) is 16.5. The van der Waals surface area contributed by atoms with Crippen molar-refractivity contribution in [1.82, 2.24) is 0 Å². The van der Waals surface area contributed by atoms with Gasteiger partial charge in [-0.15, -0.1) is 0 Å². The average Bonchev–Trinajstić information content (AvgIpc) is 2.60. The first-order valence-corrected chi connectivity index (χ1v) is 7.53. The van der Waals surface area contributed by atoms with E-state index in [0.717, 1.165) is 11.5 Å². The molecule has 0 saturated heterocycles. The van der Waals surface area contributed by atoms with Gasteiger partial charge in [-0.1, -0.05) is 69.6 Å². The fourth-order valence-corrected chi connectivity index (χ4v) is 1.38. The van der Waals surface area contributed by atoms with Gasteiger partial charge in [-0.05, 0) is 24.3 Å². The van der Waals surface area contributed by atoms with Crippen LogP contribution in [-0.2, 0) is 0 Å². The van der Waals surface area contributed by atoms with E-state index in [1.165, 1.54) is 0 Å². The van der Waals surface area contributed by atoms with Crippen molar-refractivity contribution in [3.05, 3.63) is 59.6 Å². The molecular formula is C18H27ClO2. The van der Waals surface area contributed by atoms with Gasteiger partial charge in [0.15, 0.2) is 0 Å². The molecule has 0 fully saturated rings. The molecule has 0 aliphatic carbocycles. The molecule has 21 heavy (non-hydrogen) atoms. The van der Waals surface area contributed by atoms with E-state index in [1.807, 2.05) is 76.2 Å². The SMILES string of the molecule is CC.CC.COc1ccccc1.COc1ccccc1Cl. The summed E-state index contributed by atoms with van der Waals surface area (Å²) in [4.78, 5) is 0. The minimum absolute atomic E-state index is 0.653. The van der Waals surface area contributed by atoms with Crippen LogP contribution in [0.5, 0.6) is 11.5 Å². The number of para-hydroxylation sites is 2. The standard InChI is InChI=1S/C7H7ClO.C7H8O.2C2H6/c1-9-7-5-3-2-4-6(7)8;1-8-7-5-3-2-4-6-7;2*1-2/h2-5H,1H3;2-6H,1H3;2*1-2H3. The summed E-state index contributed by atoms with van der Waals surface area (Å²) in [6.45, 7) is 8.00. The Labute approximate surface area is 134 Å². The zero-order valence-electron chi connectivity index (χ0n) is 13.9. The summed E-state index contributed by atoms with van der Waals surface area (Å²) in [5.74, 6) is 1.63. The highest BCUT2D eigenvalue weighted by Crippen LogP contribution is 2.21. The van der Waals surface area contributed by atoms with Crippen LogP contribution >= 0.6 is 11.6 Å². The van der Waals surface area contributed by atoms with Crippen LogP contribution in [0.15, 0.2) is 54.6 Å². The second-order valence-electron chi connectivity index (χ2n) is 3.15. The van der Waals surface area contributed by atoms with E-state index in [0.29, 0.717) is 5.02 Å². The van der Waals surface area contributed by atoms with Gasteiger partial charge >= 0.3 is 0 Å². The Bertz CT molecular complexity index is 430. The number of ether oxygens (including phenoxy) is 2. The topological polar surface area (TPSA) is 18.5 Å². The maximum atomic E-state index is 5.70. The average molecular weight is 311 g/mol. The van der Waals surface area contributed by atoms with Crippen LogP contribution in [0.4, 0.5) is 0 Å². The van der Waals surface area contributed by atoms with Crippen LogP contribution in [0.3, 0.4) is 0 Å². The maximum absolute atomic E-state index is 5.70. The normalized spacial score (nSPS) is 7.76. The smallest absolute Gasteiger partial charge is 0.137 e. The lowest BCUT2D eigenvalue weighted by atomic mass is 10.3. The third kappa shape index (κ3) is 10.7. The largest absolute Gasteiger partial charge is 0.497 e. The molecular weight excluding hydrogens is 284 g/mol. The van der Waals surface area contributed by atoms with Crippen molar-refractivity contribution in [2.24, 2.45) is 0 Å². The first kappa shape index (κ1) is 21.6. The van der Waals surface area contributed by atoms with Crippen LogP contribution in [0.1, 0.15) is 27.7 Å². The molecule has 0 aliphatic rings. The highest BCUT2D eigenvalue weighted by Gasteiger charge is 1.93. The monoisotopic (exact) mass is 310 g/mol. The second-order valence-corrected chi connectivity index (χ2v) is 3.56. The summed E-state index contributed by atoms with van der Waals surface area (Å²) in [7, 11) is 3.26. The number of halogens is 1. The summed E-state index contributed by atoms with van der Waals surface area (Å²) in [6.07, 6.45) is 0. The maximum Gasteiger partial charge on any atom is 0.137 e. The Balaban J connectivity index is 0. The van der Waals surface area contributed by atoms with Crippen molar-refractivity contribution in [2.45, 2.75) is 27.7 Å². The lowest BCUT2D eigenvalue weighted by Gasteiger charge is -1.98. The van der Waals surface area contributed by atoms with Crippen molar-refractivity contribution in [2.75, 3.05) is 14.2 Å². The molecule has 2 aromatic carbocycles. The van der Waals surface area contributed by atoms with Gasteiger partial charge in [0.1, 0.15) is 11.5 Å². The van der Waals surface area contributed by atoms with Crippen LogP contribution in [0, 0.1) is 0 Å². The summed E-state index contributed by atoms with van der Waals surface area (Å²) in [5.41, 5.74) is 0. The van der Waals surface area contributed by atoms with Gasteiger partial charge in [0.25, 0.3) is 0 Å². The molecule has 0 radical (unpaired) electrons. The molecule has 0 aliphatic heterocycles. The molecule has 0 amide bonds. The molecule has 0 aromatic heterocycles. The second kappa shape index (κ2) is 16.4. The van der Waals surface area contributed by atoms with Crippen molar-refractivity contribution in [1.29, 1.82) is 0 Å². The minimum atomic E-state index is 0.653.